The van der Waals surface area contributed by atoms with E-state index in [1.165, 1.54) is 6.42 Å². The van der Waals surface area contributed by atoms with Crippen LogP contribution in [0.3, 0.4) is 0 Å². The fourth-order valence-corrected chi connectivity index (χ4v) is 2.29. The molecule has 0 bridgehead atoms. The molecule has 1 aromatic heterocycles. The number of hydrogen-bond donors (Lipinski definition) is 2. The zero-order valence-corrected chi connectivity index (χ0v) is 9.47. The van der Waals surface area contributed by atoms with Crippen molar-refractivity contribution in [2.24, 2.45) is 5.92 Å². The molecule has 1 saturated carbocycles. The Morgan fingerprint density at radius 1 is 1.31 bits per heavy atom. The second-order valence-corrected chi connectivity index (χ2v) is 4.56. The normalized spacial score (nSPS) is 25.6. The van der Waals surface area contributed by atoms with Gasteiger partial charge in [-0.25, -0.2) is 9.97 Å². The van der Waals surface area contributed by atoms with Gasteiger partial charge < -0.3 is 10.4 Å². The Morgan fingerprint density at radius 2 is 2.12 bits per heavy atom. The first-order chi connectivity index (χ1) is 7.84. The molecule has 0 aromatic carbocycles. The summed E-state index contributed by atoms with van der Waals surface area (Å²) in [5.41, 5.74) is 1.11. The largest absolute Gasteiger partial charge is 0.393 e. The molecule has 2 N–H and O–H groups in total. The second kappa shape index (κ2) is 5.92. The molecule has 1 aromatic rings. The van der Waals surface area contributed by atoms with Crippen molar-refractivity contribution >= 4 is 0 Å². The smallest absolute Gasteiger partial charge is 0.115 e. The van der Waals surface area contributed by atoms with Gasteiger partial charge in [0.1, 0.15) is 6.33 Å². The van der Waals surface area contributed by atoms with Crippen LogP contribution in [0.4, 0.5) is 0 Å². The summed E-state index contributed by atoms with van der Waals surface area (Å²) in [5.74, 6) is 0.619. The van der Waals surface area contributed by atoms with E-state index in [1.807, 2.05) is 12.4 Å². The van der Waals surface area contributed by atoms with Crippen LogP contribution in [0, 0.1) is 5.92 Å². The van der Waals surface area contributed by atoms with Crippen LogP contribution in [0.2, 0.25) is 0 Å². The number of aliphatic hydroxyl groups is 1. The molecule has 16 heavy (non-hydrogen) atoms. The average molecular weight is 221 g/mol. The first kappa shape index (κ1) is 11.5. The summed E-state index contributed by atoms with van der Waals surface area (Å²) in [7, 11) is 0. The molecule has 1 aliphatic rings. The van der Waals surface area contributed by atoms with E-state index in [1.54, 1.807) is 6.33 Å². The lowest BCUT2D eigenvalue weighted by molar-refractivity contribution is 0.101. The van der Waals surface area contributed by atoms with E-state index >= 15 is 0 Å². The third kappa shape index (κ3) is 3.54. The molecule has 0 saturated heterocycles. The van der Waals surface area contributed by atoms with Crippen molar-refractivity contribution in [1.29, 1.82) is 0 Å². The molecule has 0 amide bonds. The lowest BCUT2D eigenvalue weighted by atomic mass is 9.87. The summed E-state index contributed by atoms with van der Waals surface area (Å²) in [6.45, 7) is 1.79. The average Bonchev–Trinajstić information content (AvgIpc) is 2.30. The Hall–Kier alpha value is -1.00. The molecule has 2 unspecified atom stereocenters. The van der Waals surface area contributed by atoms with E-state index in [9.17, 15) is 5.11 Å². The van der Waals surface area contributed by atoms with Gasteiger partial charge in [0, 0.05) is 24.5 Å². The van der Waals surface area contributed by atoms with Gasteiger partial charge >= 0.3 is 0 Å². The van der Waals surface area contributed by atoms with Crippen molar-refractivity contribution in [2.75, 3.05) is 6.54 Å². The molecule has 0 radical (unpaired) electrons. The minimum absolute atomic E-state index is 0.0828. The predicted molar refractivity (Wildman–Crippen MR) is 61.7 cm³/mol. The maximum atomic E-state index is 9.55. The van der Waals surface area contributed by atoms with Gasteiger partial charge in [0.2, 0.25) is 0 Å². The summed E-state index contributed by atoms with van der Waals surface area (Å²) < 4.78 is 0. The second-order valence-electron chi connectivity index (χ2n) is 4.56. The van der Waals surface area contributed by atoms with Gasteiger partial charge in [0.25, 0.3) is 0 Å². The van der Waals surface area contributed by atoms with Crippen molar-refractivity contribution in [1.82, 2.24) is 15.3 Å². The molecule has 1 aliphatic carbocycles. The number of aromatic nitrogens is 2. The third-order valence-corrected chi connectivity index (χ3v) is 3.13. The standard InChI is InChI=1S/C12H19N3O/c16-12-3-1-2-10(4-12)5-13-6-11-7-14-9-15-8-11/h7-10,12-13,16H,1-6H2. The maximum Gasteiger partial charge on any atom is 0.115 e. The van der Waals surface area contributed by atoms with Crippen molar-refractivity contribution in [3.05, 3.63) is 24.3 Å². The first-order valence-corrected chi connectivity index (χ1v) is 5.97. The molecular weight excluding hydrogens is 202 g/mol. The quantitative estimate of drug-likeness (QED) is 0.800. The van der Waals surface area contributed by atoms with Gasteiger partial charge in [0.15, 0.2) is 0 Å². The summed E-state index contributed by atoms with van der Waals surface area (Å²) in [6.07, 6.45) is 9.42. The maximum absolute atomic E-state index is 9.55. The van der Waals surface area contributed by atoms with E-state index in [0.717, 1.165) is 37.9 Å². The monoisotopic (exact) mass is 221 g/mol. The van der Waals surface area contributed by atoms with Crippen molar-refractivity contribution in [2.45, 2.75) is 38.3 Å². The highest BCUT2D eigenvalue weighted by Gasteiger charge is 2.19. The Labute approximate surface area is 96.1 Å². The van der Waals surface area contributed by atoms with E-state index in [-0.39, 0.29) is 6.10 Å². The van der Waals surface area contributed by atoms with E-state index in [0.29, 0.717) is 5.92 Å². The Morgan fingerprint density at radius 3 is 2.88 bits per heavy atom. The van der Waals surface area contributed by atoms with Crippen LogP contribution >= 0.6 is 0 Å². The van der Waals surface area contributed by atoms with Gasteiger partial charge in [-0.05, 0) is 31.7 Å². The fourth-order valence-electron chi connectivity index (χ4n) is 2.29. The van der Waals surface area contributed by atoms with Crippen LogP contribution < -0.4 is 5.32 Å². The van der Waals surface area contributed by atoms with Gasteiger partial charge in [-0.1, -0.05) is 6.42 Å². The highest BCUT2D eigenvalue weighted by Crippen LogP contribution is 2.23. The highest BCUT2D eigenvalue weighted by atomic mass is 16.3. The Balaban J connectivity index is 1.68. The van der Waals surface area contributed by atoms with Crippen molar-refractivity contribution in [3.63, 3.8) is 0 Å². The Kier molecular flexibility index (Phi) is 4.25. The van der Waals surface area contributed by atoms with Crippen LogP contribution in [-0.4, -0.2) is 27.7 Å². The molecule has 88 valence electrons. The van der Waals surface area contributed by atoms with Crippen molar-refractivity contribution in [3.8, 4) is 0 Å². The van der Waals surface area contributed by atoms with Crippen LogP contribution in [-0.2, 0) is 6.54 Å². The number of nitrogens with one attached hydrogen (secondary N) is 1. The van der Waals surface area contributed by atoms with E-state index in [2.05, 4.69) is 15.3 Å². The highest BCUT2D eigenvalue weighted by molar-refractivity contribution is 5.01. The summed E-state index contributed by atoms with van der Waals surface area (Å²) in [6, 6.07) is 0. The number of nitrogens with zero attached hydrogens (tertiary/aromatic N) is 2. The van der Waals surface area contributed by atoms with Gasteiger partial charge in [-0.15, -0.1) is 0 Å². The molecule has 1 heterocycles. The SMILES string of the molecule is OC1CCCC(CNCc2cncnc2)C1. The molecular formula is C12H19N3O. The minimum Gasteiger partial charge on any atom is -0.393 e. The van der Waals surface area contributed by atoms with E-state index in [4.69, 9.17) is 0 Å². The van der Waals surface area contributed by atoms with Gasteiger partial charge in [-0.3, -0.25) is 0 Å². The first-order valence-electron chi connectivity index (χ1n) is 5.97. The summed E-state index contributed by atoms with van der Waals surface area (Å²) in [5, 5.41) is 12.9. The lowest BCUT2D eigenvalue weighted by Crippen LogP contribution is -2.28. The third-order valence-electron chi connectivity index (χ3n) is 3.13. The predicted octanol–water partition coefficient (Wildman–Crippen LogP) is 1.12. The van der Waals surface area contributed by atoms with Crippen molar-refractivity contribution < 1.29 is 5.11 Å². The number of hydrogen-bond acceptors (Lipinski definition) is 4. The summed E-state index contributed by atoms with van der Waals surface area (Å²) >= 11 is 0. The van der Waals surface area contributed by atoms with Crippen LogP contribution in [0.5, 0.6) is 0 Å². The zero-order valence-electron chi connectivity index (χ0n) is 9.47. The number of rotatable bonds is 4. The number of aliphatic hydroxyl groups excluding tert-OH is 1. The van der Waals surface area contributed by atoms with Gasteiger partial charge in [-0.2, -0.15) is 0 Å². The topological polar surface area (TPSA) is 58.0 Å². The molecule has 0 aliphatic heterocycles. The zero-order chi connectivity index (χ0) is 11.2. The molecule has 4 heteroatoms. The lowest BCUT2D eigenvalue weighted by Gasteiger charge is -2.25. The molecule has 2 rings (SSSR count). The molecule has 0 spiro atoms. The minimum atomic E-state index is -0.0828. The molecule has 1 fully saturated rings. The van der Waals surface area contributed by atoms with E-state index < -0.39 is 0 Å². The Bertz CT molecular complexity index is 304. The van der Waals surface area contributed by atoms with Crippen LogP contribution in [0.1, 0.15) is 31.2 Å². The fraction of sp³-hybridized carbons (Fsp3) is 0.667. The molecule has 4 nitrogen and oxygen atoms in total. The molecule has 2 atom stereocenters. The van der Waals surface area contributed by atoms with Crippen LogP contribution in [0.15, 0.2) is 18.7 Å². The summed E-state index contributed by atoms with van der Waals surface area (Å²) in [4.78, 5) is 7.94. The van der Waals surface area contributed by atoms with Gasteiger partial charge in [0.05, 0.1) is 6.10 Å². The van der Waals surface area contributed by atoms with Crippen LogP contribution in [0.25, 0.3) is 0 Å².